The maximum absolute atomic E-state index is 10.8. The average molecular weight is 180 g/mol. The molecule has 0 aliphatic rings. The Labute approximate surface area is 81.8 Å². The number of rotatable bonds is 2. The van der Waals surface area contributed by atoms with Gasteiger partial charge >= 0.3 is 0 Å². The molecule has 1 aromatic carbocycles. The molecule has 0 amide bonds. The van der Waals surface area contributed by atoms with Crippen LogP contribution in [0.3, 0.4) is 0 Å². The molecule has 0 unspecified atom stereocenters. The predicted molar refractivity (Wildman–Crippen MR) is 59.3 cm³/mol. The van der Waals surface area contributed by atoms with Gasteiger partial charge in [0.1, 0.15) is 0 Å². The summed E-state index contributed by atoms with van der Waals surface area (Å²) in [5, 5.41) is 0. The third kappa shape index (κ3) is 3.88. The first-order chi connectivity index (χ1) is 5.24. The van der Waals surface area contributed by atoms with Gasteiger partial charge < -0.3 is 0 Å². The van der Waals surface area contributed by atoms with Crippen LogP contribution in [-0.2, 0) is 6.42 Å². The molecule has 0 heterocycles. The fourth-order valence-corrected chi connectivity index (χ4v) is 0.975. The Morgan fingerprint density at radius 2 is 1.62 bits per heavy atom. The monoisotopic (exact) mass is 180 g/mol. The quantitative estimate of drug-likeness (QED) is 0.634. The number of hydrogen-bond acceptors (Lipinski definition) is 1. The molecule has 13 heavy (non-hydrogen) atoms. The van der Waals surface area contributed by atoms with Gasteiger partial charge in [-0.05, 0) is 18.9 Å². The highest BCUT2D eigenvalue weighted by atomic mass is 16.1. The number of carbonyl (C=O) groups excluding carboxylic acids is 1. The van der Waals surface area contributed by atoms with Crippen molar-refractivity contribution in [2.75, 3.05) is 0 Å². The van der Waals surface area contributed by atoms with E-state index < -0.39 is 0 Å². The zero-order valence-corrected chi connectivity index (χ0v) is 6.92. The van der Waals surface area contributed by atoms with E-state index in [2.05, 4.69) is 6.92 Å². The van der Waals surface area contributed by atoms with Crippen LogP contribution in [0.25, 0.3) is 0 Å². The topological polar surface area (TPSA) is 17.1 Å². The van der Waals surface area contributed by atoms with Crippen LogP contribution in [0.1, 0.15) is 44.6 Å². The largest absolute Gasteiger partial charge is 0.295 e. The van der Waals surface area contributed by atoms with Crippen LogP contribution in [0.15, 0.2) is 24.3 Å². The molecule has 0 aliphatic carbocycles. The van der Waals surface area contributed by atoms with Gasteiger partial charge in [0, 0.05) is 5.56 Å². The van der Waals surface area contributed by atoms with E-state index >= 15 is 0 Å². The zero-order chi connectivity index (χ0) is 8.27. The van der Waals surface area contributed by atoms with Gasteiger partial charge in [0.25, 0.3) is 0 Å². The average Bonchev–Trinajstić information content (AvgIpc) is 2.05. The van der Waals surface area contributed by atoms with E-state index in [9.17, 15) is 4.79 Å². The molecular formula is C12H20O. The van der Waals surface area contributed by atoms with E-state index in [1.165, 1.54) is 5.56 Å². The first-order valence-electron chi connectivity index (χ1n) is 3.84. The van der Waals surface area contributed by atoms with Gasteiger partial charge in [0.2, 0.25) is 0 Å². The Balaban J connectivity index is 0. The number of carbonyl (C=O) groups is 1. The van der Waals surface area contributed by atoms with Crippen LogP contribution < -0.4 is 0 Å². The van der Waals surface area contributed by atoms with Crippen LogP contribution in [-0.4, -0.2) is 5.78 Å². The fraction of sp³-hybridized carbons (Fsp3) is 0.417. The molecule has 1 nitrogen and oxygen atoms in total. The van der Waals surface area contributed by atoms with Gasteiger partial charge in [-0.15, -0.1) is 0 Å². The van der Waals surface area contributed by atoms with Crippen LogP contribution in [0.2, 0.25) is 0 Å². The normalized spacial score (nSPS) is 8.15. The van der Waals surface area contributed by atoms with Crippen molar-refractivity contribution >= 4 is 5.78 Å². The molecule has 1 heteroatoms. The summed E-state index contributed by atoms with van der Waals surface area (Å²) in [5.41, 5.74) is 2.07. The van der Waals surface area contributed by atoms with Crippen LogP contribution in [0, 0.1) is 0 Å². The first kappa shape index (κ1) is 14.4. The summed E-state index contributed by atoms with van der Waals surface area (Å²) in [4.78, 5) is 10.8. The maximum atomic E-state index is 10.8. The van der Waals surface area contributed by atoms with E-state index in [4.69, 9.17) is 0 Å². The molecule has 1 aromatic rings. The van der Waals surface area contributed by atoms with Gasteiger partial charge in [-0.1, -0.05) is 46.0 Å². The van der Waals surface area contributed by atoms with Crippen molar-refractivity contribution in [2.24, 2.45) is 0 Å². The standard InChI is InChI=1S/C10H12O.2CH4/c1-3-9-4-6-10(7-5-9)8(2)11;;/h4-7H,3H2,1-2H3;2*1H4. The Morgan fingerprint density at radius 1 is 1.15 bits per heavy atom. The van der Waals surface area contributed by atoms with E-state index in [-0.39, 0.29) is 20.6 Å². The van der Waals surface area contributed by atoms with Gasteiger partial charge in [0.15, 0.2) is 5.78 Å². The van der Waals surface area contributed by atoms with Crippen molar-refractivity contribution < 1.29 is 4.79 Å². The molecule has 0 saturated heterocycles. The fourth-order valence-electron chi connectivity index (χ4n) is 0.975. The van der Waals surface area contributed by atoms with Crippen molar-refractivity contribution in [2.45, 2.75) is 35.1 Å². The molecule has 0 bridgehead atoms. The second-order valence-electron chi connectivity index (χ2n) is 2.61. The molecule has 0 saturated carbocycles. The minimum absolute atomic E-state index is 0. The molecule has 0 N–H and O–H groups in total. The van der Waals surface area contributed by atoms with Crippen LogP contribution >= 0.6 is 0 Å². The number of Topliss-reactive ketones (excluding diaryl/α,β-unsaturated/α-hetero) is 1. The third-order valence-electron chi connectivity index (χ3n) is 1.77. The molecular weight excluding hydrogens is 160 g/mol. The molecule has 74 valence electrons. The van der Waals surface area contributed by atoms with Gasteiger partial charge in [-0.2, -0.15) is 0 Å². The third-order valence-corrected chi connectivity index (χ3v) is 1.77. The highest BCUT2D eigenvalue weighted by Crippen LogP contribution is 2.04. The summed E-state index contributed by atoms with van der Waals surface area (Å²) >= 11 is 0. The predicted octanol–water partition coefficient (Wildman–Crippen LogP) is 3.72. The van der Waals surface area contributed by atoms with Crippen molar-refractivity contribution in [3.63, 3.8) is 0 Å². The highest BCUT2D eigenvalue weighted by Gasteiger charge is 1.96. The number of ketones is 1. The van der Waals surface area contributed by atoms with Crippen LogP contribution in [0.4, 0.5) is 0 Å². The molecule has 0 aromatic heterocycles. The zero-order valence-electron chi connectivity index (χ0n) is 6.92. The number of hydrogen-bond donors (Lipinski definition) is 0. The molecule has 1 rings (SSSR count). The summed E-state index contributed by atoms with van der Waals surface area (Å²) in [5.74, 6) is 0.132. The van der Waals surface area contributed by atoms with E-state index in [0.717, 1.165) is 12.0 Å². The highest BCUT2D eigenvalue weighted by molar-refractivity contribution is 5.93. The van der Waals surface area contributed by atoms with Crippen molar-refractivity contribution in [1.29, 1.82) is 0 Å². The summed E-state index contributed by atoms with van der Waals surface area (Å²) in [6, 6.07) is 7.75. The van der Waals surface area contributed by atoms with E-state index in [1.807, 2.05) is 24.3 Å². The van der Waals surface area contributed by atoms with Crippen molar-refractivity contribution in [3.8, 4) is 0 Å². The van der Waals surface area contributed by atoms with Crippen LogP contribution in [0.5, 0.6) is 0 Å². The van der Waals surface area contributed by atoms with Crippen molar-refractivity contribution in [3.05, 3.63) is 35.4 Å². The molecule has 0 atom stereocenters. The Hall–Kier alpha value is -1.11. The van der Waals surface area contributed by atoms with Gasteiger partial charge in [0.05, 0.1) is 0 Å². The van der Waals surface area contributed by atoms with E-state index in [1.54, 1.807) is 6.92 Å². The molecule has 0 spiro atoms. The SMILES string of the molecule is C.C.CCc1ccc(C(C)=O)cc1. The second kappa shape index (κ2) is 6.41. The summed E-state index contributed by atoms with van der Waals surface area (Å²) < 4.78 is 0. The summed E-state index contributed by atoms with van der Waals surface area (Å²) in [6.45, 7) is 3.68. The minimum Gasteiger partial charge on any atom is -0.295 e. The first-order valence-corrected chi connectivity index (χ1v) is 3.84. The smallest absolute Gasteiger partial charge is 0.159 e. The second-order valence-corrected chi connectivity index (χ2v) is 2.61. The molecule has 0 radical (unpaired) electrons. The Kier molecular flexibility index (Phi) is 7.11. The Morgan fingerprint density at radius 3 is 1.92 bits per heavy atom. The number of aryl methyl sites for hydroxylation is 1. The molecule has 0 aliphatic heterocycles. The lowest BCUT2D eigenvalue weighted by molar-refractivity contribution is 0.101. The van der Waals surface area contributed by atoms with Gasteiger partial charge in [-0.25, -0.2) is 0 Å². The minimum atomic E-state index is 0. The van der Waals surface area contributed by atoms with E-state index in [0.29, 0.717) is 0 Å². The summed E-state index contributed by atoms with van der Waals surface area (Å²) in [7, 11) is 0. The summed E-state index contributed by atoms with van der Waals surface area (Å²) in [6.07, 6.45) is 1.03. The lowest BCUT2D eigenvalue weighted by Crippen LogP contribution is -1.91. The van der Waals surface area contributed by atoms with Crippen molar-refractivity contribution in [1.82, 2.24) is 0 Å². The number of benzene rings is 1. The van der Waals surface area contributed by atoms with Gasteiger partial charge in [-0.3, -0.25) is 4.79 Å². The lowest BCUT2D eigenvalue weighted by Gasteiger charge is -1.97. The maximum Gasteiger partial charge on any atom is 0.159 e. The Bertz CT molecular complexity index is 246. The molecule has 0 fully saturated rings. The lowest BCUT2D eigenvalue weighted by atomic mass is 10.1.